The summed E-state index contributed by atoms with van der Waals surface area (Å²) in [5, 5.41) is -0.190. The summed E-state index contributed by atoms with van der Waals surface area (Å²) in [5.74, 6) is 0. The molecule has 50 valence electrons. The normalized spacial score (nSPS) is 22.6. The van der Waals surface area contributed by atoms with E-state index in [1.54, 1.807) is 0 Å². The molecule has 1 heterocycles. The zero-order valence-electron chi connectivity index (χ0n) is 4.07. The quantitative estimate of drug-likeness (QED) is 0.492. The van der Waals surface area contributed by atoms with Crippen LogP contribution in [-0.2, 0) is 10.2 Å². The predicted molar refractivity (Wildman–Crippen MR) is 33.8 cm³/mol. The van der Waals surface area contributed by atoms with Crippen molar-refractivity contribution in [2.45, 2.75) is 0 Å². The molecule has 1 aliphatic rings. The van der Waals surface area contributed by atoms with E-state index in [9.17, 15) is 8.42 Å². The Balaban J connectivity index is 2.99. The van der Waals surface area contributed by atoms with Gasteiger partial charge in [0.25, 0.3) is 0 Å². The largest absolute Gasteiger partial charge is 0.345 e. The molecule has 0 aromatic carbocycles. The molecule has 7 heteroatoms. The Morgan fingerprint density at radius 1 is 1.67 bits per heavy atom. The number of hydrogen-bond donors (Lipinski definition) is 1. The summed E-state index contributed by atoms with van der Waals surface area (Å²) in [6.07, 6.45) is 0.869. The second kappa shape index (κ2) is 1.96. The molecule has 0 atom stereocenters. The van der Waals surface area contributed by atoms with E-state index < -0.39 is 10.2 Å². The third kappa shape index (κ3) is 1.65. The highest BCUT2D eigenvalue weighted by molar-refractivity contribution is 7.89. The van der Waals surface area contributed by atoms with Crippen LogP contribution in [0.5, 0.6) is 0 Å². The van der Waals surface area contributed by atoms with Crippen LogP contribution in [0.4, 0.5) is 0 Å². The minimum Gasteiger partial charge on any atom is -0.239 e. The second-order valence-electron chi connectivity index (χ2n) is 1.22. The van der Waals surface area contributed by atoms with E-state index in [1.807, 2.05) is 4.72 Å². The van der Waals surface area contributed by atoms with Gasteiger partial charge >= 0.3 is 10.2 Å². The second-order valence-corrected chi connectivity index (χ2v) is 2.94. The summed E-state index contributed by atoms with van der Waals surface area (Å²) in [7, 11) is -3.58. The Labute approximate surface area is 56.6 Å². The van der Waals surface area contributed by atoms with E-state index in [0.29, 0.717) is 0 Å². The van der Waals surface area contributed by atoms with Crippen LogP contribution in [-0.4, -0.2) is 20.1 Å². The van der Waals surface area contributed by atoms with Crippen molar-refractivity contribution < 1.29 is 8.42 Å². The fraction of sp³-hybridized carbons (Fsp3) is 0. The number of nitrogens with zero attached hydrogens (tertiary/aromatic N) is 2. The summed E-state index contributed by atoms with van der Waals surface area (Å²) in [6, 6.07) is 0. The van der Waals surface area contributed by atoms with E-state index in [1.165, 1.54) is 0 Å². The molecule has 0 radical (unpaired) electrons. The number of hydrogen-bond acceptors (Lipinski definition) is 3. The van der Waals surface area contributed by atoms with Crippen molar-refractivity contribution in [2.24, 2.45) is 9.39 Å². The third-order valence-corrected chi connectivity index (χ3v) is 1.70. The Hall–Kier alpha value is -0.620. The highest BCUT2D eigenvalue weighted by Gasteiger charge is 2.10. The first kappa shape index (κ1) is 6.50. The zero-order chi connectivity index (χ0) is 6.91. The first-order valence-electron chi connectivity index (χ1n) is 1.90. The number of halogens is 1. The summed E-state index contributed by atoms with van der Waals surface area (Å²) in [5.41, 5.74) is 0. The van der Waals surface area contributed by atoms with E-state index in [-0.39, 0.29) is 5.29 Å². The number of aliphatic imine (C=N–C) groups is 1. The van der Waals surface area contributed by atoms with Crippen molar-refractivity contribution in [3.63, 3.8) is 0 Å². The molecule has 1 rings (SSSR count). The maximum atomic E-state index is 10.4. The molecule has 1 aliphatic heterocycles. The van der Waals surface area contributed by atoms with E-state index >= 15 is 0 Å². The molecule has 0 unspecified atom stereocenters. The van der Waals surface area contributed by atoms with Crippen molar-refractivity contribution in [1.82, 2.24) is 4.72 Å². The van der Waals surface area contributed by atoms with Gasteiger partial charge in [-0.3, -0.25) is 0 Å². The van der Waals surface area contributed by atoms with Crippen LogP contribution in [0.15, 0.2) is 9.39 Å². The molecule has 0 saturated heterocycles. The van der Waals surface area contributed by atoms with Gasteiger partial charge in [0.05, 0.1) is 0 Å². The van der Waals surface area contributed by atoms with Gasteiger partial charge in [-0.05, 0) is 11.6 Å². The first-order valence-corrected chi connectivity index (χ1v) is 3.72. The third-order valence-electron chi connectivity index (χ3n) is 0.570. The minimum absolute atomic E-state index is 0.190. The Morgan fingerprint density at radius 3 is 2.67 bits per heavy atom. The van der Waals surface area contributed by atoms with Gasteiger partial charge in [0.1, 0.15) is 6.34 Å². The number of nitrogens with one attached hydrogen (secondary N) is 1. The van der Waals surface area contributed by atoms with Crippen molar-refractivity contribution in [1.29, 1.82) is 0 Å². The van der Waals surface area contributed by atoms with Gasteiger partial charge < -0.3 is 0 Å². The van der Waals surface area contributed by atoms with Crippen molar-refractivity contribution >= 4 is 33.4 Å². The van der Waals surface area contributed by atoms with Crippen LogP contribution < -0.4 is 4.72 Å². The lowest BCUT2D eigenvalue weighted by Crippen LogP contribution is -2.27. The zero-order valence-corrected chi connectivity index (χ0v) is 5.65. The predicted octanol–water partition coefficient (Wildman–Crippen LogP) is -0.542. The molecule has 0 amide bonds. The summed E-state index contributed by atoms with van der Waals surface area (Å²) < 4.78 is 25.6. The average Bonchev–Trinajstić information content (AvgIpc) is 1.60. The summed E-state index contributed by atoms with van der Waals surface area (Å²) >= 11 is 5.17. The standard InChI is InChI=1S/C2H2ClN3O2S/c3-2-4-1-5-9(7,8)6-2/h1H,(H,4,5,6). The molecular weight excluding hydrogens is 166 g/mol. The van der Waals surface area contributed by atoms with Crippen LogP contribution in [0.25, 0.3) is 0 Å². The Morgan fingerprint density at radius 2 is 2.33 bits per heavy atom. The number of rotatable bonds is 0. The average molecular weight is 168 g/mol. The van der Waals surface area contributed by atoms with Gasteiger partial charge in [-0.25, -0.2) is 9.71 Å². The first-order chi connectivity index (χ1) is 4.10. The lowest BCUT2D eigenvalue weighted by Gasteiger charge is -2.01. The maximum Gasteiger partial charge on any atom is 0.345 e. The Kier molecular flexibility index (Phi) is 1.42. The van der Waals surface area contributed by atoms with Crippen molar-refractivity contribution in [3.05, 3.63) is 0 Å². The minimum atomic E-state index is -3.58. The van der Waals surface area contributed by atoms with Crippen LogP contribution in [0.3, 0.4) is 0 Å². The van der Waals surface area contributed by atoms with Gasteiger partial charge in [-0.2, -0.15) is 8.42 Å². The van der Waals surface area contributed by atoms with E-state index in [2.05, 4.69) is 9.39 Å². The fourth-order valence-electron chi connectivity index (χ4n) is 0.295. The summed E-state index contributed by atoms with van der Waals surface area (Å²) in [4.78, 5) is 3.33. The molecule has 0 spiro atoms. The van der Waals surface area contributed by atoms with Crippen LogP contribution >= 0.6 is 11.6 Å². The van der Waals surface area contributed by atoms with Gasteiger partial charge in [0.2, 0.25) is 5.29 Å². The monoisotopic (exact) mass is 167 g/mol. The number of amidine groups is 1. The lowest BCUT2D eigenvalue weighted by atomic mass is 11.2. The Bertz CT molecular complexity index is 266. The fourth-order valence-corrected chi connectivity index (χ4v) is 1.12. The topological polar surface area (TPSA) is 70.9 Å². The maximum absolute atomic E-state index is 10.4. The van der Waals surface area contributed by atoms with Crippen molar-refractivity contribution in [3.8, 4) is 0 Å². The molecule has 9 heavy (non-hydrogen) atoms. The van der Waals surface area contributed by atoms with Gasteiger partial charge in [0, 0.05) is 0 Å². The molecule has 0 aromatic rings. The van der Waals surface area contributed by atoms with Crippen LogP contribution in [0.2, 0.25) is 0 Å². The highest BCUT2D eigenvalue weighted by atomic mass is 35.5. The molecular formula is C2H2ClN3O2S. The highest BCUT2D eigenvalue weighted by Crippen LogP contribution is 1.93. The smallest absolute Gasteiger partial charge is 0.239 e. The molecule has 0 fully saturated rings. The van der Waals surface area contributed by atoms with Gasteiger partial charge in [0.15, 0.2) is 0 Å². The molecule has 0 saturated carbocycles. The molecule has 0 aliphatic carbocycles. The van der Waals surface area contributed by atoms with Gasteiger partial charge in [-0.15, -0.1) is 4.40 Å². The molecule has 0 aromatic heterocycles. The van der Waals surface area contributed by atoms with Crippen LogP contribution in [0, 0.1) is 0 Å². The van der Waals surface area contributed by atoms with Crippen LogP contribution in [0.1, 0.15) is 0 Å². The van der Waals surface area contributed by atoms with Gasteiger partial charge in [-0.1, -0.05) is 0 Å². The molecule has 1 N–H and O–H groups in total. The van der Waals surface area contributed by atoms with E-state index in [0.717, 1.165) is 6.34 Å². The van der Waals surface area contributed by atoms with Crippen molar-refractivity contribution in [2.75, 3.05) is 0 Å². The molecule has 5 nitrogen and oxygen atoms in total. The lowest BCUT2D eigenvalue weighted by molar-refractivity contribution is 0.594. The SMILES string of the molecule is O=S1(=O)N=CN=C(Cl)N1. The molecule has 0 bridgehead atoms. The summed E-state index contributed by atoms with van der Waals surface area (Å²) in [6.45, 7) is 0. The van der Waals surface area contributed by atoms with E-state index in [4.69, 9.17) is 11.6 Å².